The van der Waals surface area contributed by atoms with Crippen molar-refractivity contribution >= 4 is 11.9 Å². The standard InChI is InChI=1S/C11H16O5/c12-10(13)8-9(16-8)11(14)15-6-5-7-3-1-2-4-7/h7-9H,1-6H2,(H,12,13). The number of epoxide rings is 1. The summed E-state index contributed by atoms with van der Waals surface area (Å²) >= 11 is 0. The average molecular weight is 228 g/mol. The smallest absolute Gasteiger partial charge is 0.338 e. The predicted octanol–water partition coefficient (Wildman–Crippen LogP) is 0.962. The lowest BCUT2D eigenvalue weighted by Crippen LogP contribution is -2.19. The van der Waals surface area contributed by atoms with Gasteiger partial charge in [-0.3, -0.25) is 0 Å². The molecule has 0 amide bonds. The Kier molecular flexibility index (Phi) is 3.43. The summed E-state index contributed by atoms with van der Waals surface area (Å²) in [6.45, 7) is 0.385. The molecule has 1 N–H and O–H groups in total. The van der Waals surface area contributed by atoms with Gasteiger partial charge in [0.05, 0.1) is 6.61 Å². The van der Waals surface area contributed by atoms with Gasteiger partial charge in [0.15, 0.2) is 12.2 Å². The van der Waals surface area contributed by atoms with E-state index in [4.69, 9.17) is 9.84 Å². The van der Waals surface area contributed by atoms with Crippen molar-refractivity contribution < 1.29 is 24.2 Å². The molecule has 0 aromatic heterocycles. The zero-order chi connectivity index (χ0) is 11.5. The van der Waals surface area contributed by atoms with Crippen LogP contribution in [0.3, 0.4) is 0 Å². The second kappa shape index (κ2) is 4.82. The summed E-state index contributed by atoms with van der Waals surface area (Å²) in [7, 11) is 0. The Morgan fingerprint density at radius 3 is 2.50 bits per heavy atom. The molecule has 1 aliphatic heterocycles. The molecule has 90 valence electrons. The van der Waals surface area contributed by atoms with Crippen LogP contribution in [0.5, 0.6) is 0 Å². The predicted molar refractivity (Wildman–Crippen MR) is 53.8 cm³/mol. The van der Waals surface area contributed by atoms with Crippen LogP contribution in [0.15, 0.2) is 0 Å². The maximum Gasteiger partial charge on any atom is 0.338 e. The van der Waals surface area contributed by atoms with E-state index in [1.165, 1.54) is 25.7 Å². The molecule has 5 nitrogen and oxygen atoms in total. The van der Waals surface area contributed by atoms with Gasteiger partial charge in [0.25, 0.3) is 0 Å². The van der Waals surface area contributed by atoms with E-state index in [9.17, 15) is 9.59 Å². The molecular formula is C11H16O5. The molecule has 2 fully saturated rings. The summed E-state index contributed by atoms with van der Waals surface area (Å²) in [6.07, 6.45) is 4.00. The van der Waals surface area contributed by atoms with Crippen LogP contribution in [0.25, 0.3) is 0 Å². The quantitative estimate of drug-likeness (QED) is 0.560. The zero-order valence-corrected chi connectivity index (χ0v) is 9.05. The van der Waals surface area contributed by atoms with Gasteiger partial charge in [-0.2, -0.15) is 0 Å². The minimum Gasteiger partial charge on any atom is -0.479 e. The maximum absolute atomic E-state index is 11.3. The first-order valence-electron chi connectivity index (χ1n) is 5.73. The molecule has 1 saturated heterocycles. The number of carboxylic acids is 1. The van der Waals surface area contributed by atoms with Gasteiger partial charge in [0.2, 0.25) is 0 Å². The molecule has 2 unspecified atom stereocenters. The molecule has 0 bridgehead atoms. The van der Waals surface area contributed by atoms with E-state index >= 15 is 0 Å². The van der Waals surface area contributed by atoms with Crippen molar-refractivity contribution in [3.63, 3.8) is 0 Å². The molecule has 0 aromatic rings. The monoisotopic (exact) mass is 228 g/mol. The number of hydrogen-bond acceptors (Lipinski definition) is 4. The van der Waals surface area contributed by atoms with E-state index in [0.29, 0.717) is 12.5 Å². The Morgan fingerprint density at radius 1 is 1.25 bits per heavy atom. The molecule has 2 rings (SSSR count). The number of carbonyl (C=O) groups excluding carboxylic acids is 1. The molecule has 16 heavy (non-hydrogen) atoms. The number of carbonyl (C=O) groups is 2. The second-order valence-corrected chi connectivity index (χ2v) is 4.42. The number of rotatable bonds is 5. The average Bonchev–Trinajstić information content (AvgIpc) is 2.90. The number of aliphatic carboxylic acids is 1. The summed E-state index contributed by atoms with van der Waals surface area (Å²) in [4.78, 5) is 21.7. The van der Waals surface area contributed by atoms with Crippen molar-refractivity contribution in [2.45, 2.75) is 44.3 Å². The van der Waals surface area contributed by atoms with Gasteiger partial charge in [-0.05, 0) is 12.3 Å². The highest BCUT2D eigenvalue weighted by atomic mass is 16.7. The van der Waals surface area contributed by atoms with Crippen LogP contribution in [-0.4, -0.2) is 35.9 Å². The first-order chi connectivity index (χ1) is 7.68. The molecule has 0 aromatic carbocycles. The van der Waals surface area contributed by atoms with Crippen molar-refractivity contribution in [1.29, 1.82) is 0 Å². The molecule has 0 radical (unpaired) electrons. The zero-order valence-electron chi connectivity index (χ0n) is 9.05. The largest absolute Gasteiger partial charge is 0.479 e. The highest BCUT2D eigenvalue weighted by Gasteiger charge is 2.51. The van der Waals surface area contributed by atoms with E-state index < -0.39 is 24.1 Å². The van der Waals surface area contributed by atoms with Crippen molar-refractivity contribution in [2.24, 2.45) is 5.92 Å². The van der Waals surface area contributed by atoms with E-state index in [1.54, 1.807) is 0 Å². The minimum absolute atomic E-state index is 0.385. The Bertz CT molecular complexity index is 282. The fourth-order valence-corrected chi connectivity index (χ4v) is 2.19. The van der Waals surface area contributed by atoms with Crippen molar-refractivity contribution in [3.8, 4) is 0 Å². The van der Waals surface area contributed by atoms with Crippen molar-refractivity contribution in [1.82, 2.24) is 0 Å². The first-order valence-corrected chi connectivity index (χ1v) is 5.73. The molecule has 1 heterocycles. The molecule has 1 saturated carbocycles. The Hall–Kier alpha value is -1.10. The minimum atomic E-state index is -1.10. The van der Waals surface area contributed by atoms with Gasteiger partial charge in [-0.25, -0.2) is 9.59 Å². The highest BCUT2D eigenvalue weighted by Crippen LogP contribution is 2.28. The van der Waals surface area contributed by atoms with Gasteiger partial charge < -0.3 is 14.6 Å². The van der Waals surface area contributed by atoms with Gasteiger partial charge in [0, 0.05) is 0 Å². The van der Waals surface area contributed by atoms with Gasteiger partial charge in [0.1, 0.15) is 0 Å². The topological polar surface area (TPSA) is 76.1 Å². The van der Waals surface area contributed by atoms with E-state index in [-0.39, 0.29) is 0 Å². The Labute approximate surface area is 93.7 Å². The van der Waals surface area contributed by atoms with E-state index in [0.717, 1.165) is 6.42 Å². The fourth-order valence-electron chi connectivity index (χ4n) is 2.19. The SMILES string of the molecule is O=C(O)C1OC1C(=O)OCCC1CCCC1. The number of esters is 1. The lowest BCUT2D eigenvalue weighted by molar-refractivity contribution is -0.146. The van der Waals surface area contributed by atoms with Crippen LogP contribution in [0.1, 0.15) is 32.1 Å². The highest BCUT2D eigenvalue weighted by molar-refractivity contribution is 5.88. The van der Waals surface area contributed by atoms with Crippen LogP contribution in [0.4, 0.5) is 0 Å². The van der Waals surface area contributed by atoms with Gasteiger partial charge in [-0.1, -0.05) is 25.7 Å². The fraction of sp³-hybridized carbons (Fsp3) is 0.818. The number of hydrogen-bond donors (Lipinski definition) is 1. The summed E-state index contributed by atoms with van der Waals surface area (Å²) in [5, 5.41) is 8.54. The number of ether oxygens (including phenoxy) is 2. The lowest BCUT2D eigenvalue weighted by Gasteiger charge is -2.08. The normalized spacial score (nSPS) is 29.0. The van der Waals surface area contributed by atoms with Gasteiger partial charge >= 0.3 is 11.9 Å². The van der Waals surface area contributed by atoms with E-state index in [2.05, 4.69) is 4.74 Å². The molecule has 2 atom stereocenters. The molecule has 1 aliphatic carbocycles. The molecule has 0 spiro atoms. The van der Waals surface area contributed by atoms with Crippen LogP contribution in [0, 0.1) is 5.92 Å². The summed E-state index contributed by atoms with van der Waals surface area (Å²) in [6, 6.07) is 0. The number of carboxylic acid groups (broad SMARTS) is 1. The Morgan fingerprint density at radius 2 is 1.94 bits per heavy atom. The second-order valence-electron chi connectivity index (χ2n) is 4.42. The van der Waals surface area contributed by atoms with Crippen LogP contribution in [-0.2, 0) is 19.1 Å². The van der Waals surface area contributed by atoms with Crippen molar-refractivity contribution in [3.05, 3.63) is 0 Å². The summed E-state index contributed by atoms with van der Waals surface area (Å²) in [5.41, 5.74) is 0. The third-order valence-corrected chi connectivity index (χ3v) is 3.21. The molecular weight excluding hydrogens is 212 g/mol. The molecule has 2 aliphatic rings. The van der Waals surface area contributed by atoms with E-state index in [1.807, 2.05) is 0 Å². The van der Waals surface area contributed by atoms with Crippen LogP contribution in [0.2, 0.25) is 0 Å². The lowest BCUT2D eigenvalue weighted by atomic mass is 10.1. The van der Waals surface area contributed by atoms with Crippen LogP contribution >= 0.6 is 0 Å². The third kappa shape index (κ3) is 2.72. The first kappa shape index (κ1) is 11.4. The van der Waals surface area contributed by atoms with Gasteiger partial charge in [-0.15, -0.1) is 0 Å². The Balaban J connectivity index is 1.60. The summed E-state index contributed by atoms with van der Waals surface area (Å²) in [5.74, 6) is -0.966. The third-order valence-electron chi connectivity index (χ3n) is 3.21. The summed E-state index contributed by atoms with van der Waals surface area (Å²) < 4.78 is 9.67. The van der Waals surface area contributed by atoms with Crippen molar-refractivity contribution in [2.75, 3.05) is 6.61 Å². The van der Waals surface area contributed by atoms with Crippen LogP contribution < -0.4 is 0 Å². The molecule has 5 heteroatoms. The maximum atomic E-state index is 11.3.